The number of halogens is 1. The van der Waals surface area contributed by atoms with Crippen LogP contribution in [-0.2, 0) is 13.0 Å². The maximum Gasteiger partial charge on any atom is 0.0738 e. The van der Waals surface area contributed by atoms with E-state index >= 15 is 0 Å². The van der Waals surface area contributed by atoms with Crippen LogP contribution in [-0.4, -0.2) is 22.4 Å². The Bertz CT molecular complexity index is 397. The van der Waals surface area contributed by atoms with Gasteiger partial charge in [-0.05, 0) is 48.7 Å². The first-order chi connectivity index (χ1) is 9.58. The SMILES string of the molecule is CCCNC(Cc1c(Br)c(C)nn1CC)C(CC)CC. The molecule has 3 nitrogen and oxygen atoms in total. The molecule has 0 amide bonds. The van der Waals surface area contributed by atoms with Crippen LogP contribution >= 0.6 is 15.9 Å². The van der Waals surface area contributed by atoms with Gasteiger partial charge >= 0.3 is 0 Å². The van der Waals surface area contributed by atoms with Gasteiger partial charge in [0.2, 0.25) is 0 Å². The smallest absolute Gasteiger partial charge is 0.0738 e. The number of hydrogen-bond donors (Lipinski definition) is 1. The van der Waals surface area contributed by atoms with Crippen molar-refractivity contribution in [2.24, 2.45) is 5.92 Å². The first kappa shape index (κ1) is 17.7. The van der Waals surface area contributed by atoms with Crippen LogP contribution in [0.3, 0.4) is 0 Å². The van der Waals surface area contributed by atoms with Gasteiger partial charge in [0.05, 0.1) is 15.9 Å². The van der Waals surface area contributed by atoms with E-state index < -0.39 is 0 Å². The van der Waals surface area contributed by atoms with Crippen LogP contribution in [0, 0.1) is 12.8 Å². The molecule has 0 radical (unpaired) electrons. The summed E-state index contributed by atoms with van der Waals surface area (Å²) < 4.78 is 3.33. The van der Waals surface area contributed by atoms with E-state index in [1.807, 2.05) is 0 Å². The lowest BCUT2D eigenvalue weighted by Crippen LogP contribution is -2.38. The summed E-state index contributed by atoms with van der Waals surface area (Å²) in [4.78, 5) is 0. The van der Waals surface area contributed by atoms with E-state index in [2.05, 4.69) is 65.6 Å². The van der Waals surface area contributed by atoms with E-state index in [-0.39, 0.29) is 0 Å². The second kappa shape index (κ2) is 8.83. The minimum atomic E-state index is 0.544. The zero-order valence-electron chi connectivity index (χ0n) is 13.7. The van der Waals surface area contributed by atoms with Crippen molar-refractivity contribution >= 4 is 15.9 Å². The van der Waals surface area contributed by atoms with Crippen molar-refractivity contribution < 1.29 is 0 Å². The Kier molecular flexibility index (Phi) is 7.82. The molecule has 0 saturated carbocycles. The third-order valence-corrected chi connectivity index (χ3v) is 5.17. The normalized spacial score (nSPS) is 13.2. The van der Waals surface area contributed by atoms with E-state index in [4.69, 9.17) is 0 Å². The quantitative estimate of drug-likeness (QED) is 0.723. The van der Waals surface area contributed by atoms with Crippen LogP contribution in [0.25, 0.3) is 0 Å². The molecule has 0 bridgehead atoms. The Morgan fingerprint density at radius 1 is 1.20 bits per heavy atom. The van der Waals surface area contributed by atoms with Gasteiger partial charge in [0, 0.05) is 19.0 Å². The van der Waals surface area contributed by atoms with E-state index in [1.165, 1.54) is 29.4 Å². The predicted molar refractivity (Wildman–Crippen MR) is 90.2 cm³/mol. The van der Waals surface area contributed by atoms with E-state index in [1.54, 1.807) is 0 Å². The highest BCUT2D eigenvalue weighted by Gasteiger charge is 2.22. The highest BCUT2D eigenvalue weighted by molar-refractivity contribution is 9.10. The van der Waals surface area contributed by atoms with E-state index in [9.17, 15) is 0 Å². The van der Waals surface area contributed by atoms with Crippen molar-refractivity contribution in [3.63, 3.8) is 0 Å². The van der Waals surface area contributed by atoms with Gasteiger partial charge in [-0.25, -0.2) is 0 Å². The lowest BCUT2D eigenvalue weighted by atomic mass is 9.90. The van der Waals surface area contributed by atoms with Gasteiger partial charge in [-0.1, -0.05) is 33.6 Å². The summed E-state index contributed by atoms with van der Waals surface area (Å²) in [5.74, 6) is 0.731. The van der Waals surface area contributed by atoms with Crippen molar-refractivity contribution in [3.8, 4) is 0 Å². The fourth-order valence-electron chi connectivity index (χ4n) is 2.87. The molecule has 1 aromatic rings. The fraction of sp³-hybridized carbons (Fsp3) is 0.812. The second-order valence-electron chi connectivity index (χ2n) is 5.50. The Balaban J connectivity index is 2.93. The fourth-order valence-corrected chi connectivity index (χ4v) is 3.31. The first-order valence-electron chi connectivity index (χ1n) is 8.03. The molecule has 4 heteroatoms. The molecule has 0 aliphatic rings. The second-order valence-corrected chi connectivity index (χ2v) is 6.30. The molecular formula is C16H30BrN3. The summed E-state index contributed by atoms with van der Waals surface area (Å²) in [6, 6.07) is 0.544. The summed E-state index contributed by atoms with van der Waals surface area (Å²) in [7, 11) is 0. The molecule has 116 valence electrons. The van der Waals surface area contributed by atoms with Crippen molar-refractivity contribution in [1.29, 1.82) is 0 Å². The maximum atomic E-state index is 4.62. The molecule has 0 saturated heterocycles. The molecule has 0 fully saturated rings. The molecule has 1 atom stereocenters. The van der Waals surface area contributed by atoms with Crippen LogP contribution in [0.5, 0.6) is 0 Å². The Morgan fingerprint density at radius 2 is 1.85 bits per heavy atom. The largest absolute Gasteiger partial charge is 0.313 e. The molecule has 1 aromatic heterocycles. The molecule has 0 aromatic carbocycles. The number of rotatable bonds is 9. The molecule has 1 heterocycles. The number of aryl methyl sites for hydroxylation is 2. The lowest BCUT2D eigenvalue weighted by Gasteiger charge is -2.27. The van der Waals surface area contributed by atoms with Gasteiger partial charge in [-0.2, -0.15) is 5.10 Å². The molecule has 20 heavy (non-hydrogen) atoms. The van der Waals surface area contributed by atoms with Crippen LogP contribution in [0.2, 0.25) is 0 Å². The molecule has 1 rings (SSSR count). The van der Waals surface area contributed by atoms with Crippen LogP contribution in [0.1, 0.15) is 58.3 Å². The number of nitrogens with one attached hydrogen (secondary N) is 1. The van der Waals surface area contributed by atoms with Crippen LogP contribution < -0.4 is 5.32 Å². The summed E-state index contributed by atoms with van der Waals surface area (Å²) in [5, 5.41) is 8.36. The molecule has 1 unspecified atom stereocenters. The van der Waals surface area contributed by atoms with Crippen molar-refractivity contribution in [3.05, 3.63) is 15.9 Å². The maximum absolute atomic E-state index is 4.62. The minimum Gasteiger partial charge on any atom is -0.313 e. The average molecular weight is 344 g/mol. The van der Waals surface area contributed by atoms with Crippen LogP contribution in [0.4, 0.5) is 0 Å². The molecule has 1 N–H and O–H groups in total. The molecule has 0 aliphatic heterocycles. The van der Waals surface area contributed by atoms with Crippen molar-refractivity contribution in [2.75, 3.05) is 6.54 Å². The summed E-state index contributed by atoms with van der Waals surface area (Å²) in [6.45, 7) is 13.1. The zero-order chi connectivity index (χ0) is 15.1. The Labute approximate surface area is 132 Å². The predicted octanol–water partition coefficient (Wildman–Crippen LogP) is 4.32. The highest BCUT2D eigenvalue weighted by Crippen LogP contribution is 2.25. The van der Waals surface area contributed by atoms with Gasteiger partial charge in [0.25, 0.3) is 0 Å². The summed E-state index contributed by atoms with van der Waals surface area (Å²) in [6.07, 6.45) is 4.70. The van der Waals surface area contributed by atoms with Gasteiger partial charge < -0.3 is 5.32 Å². The van der Waals surface area contributed by atoms with Gasteiger partial charge in [-0.3, -0.25) is 4.68 Å². The number of nitrogens with zero attached hydrogens (tertiary/aromatic N) is 2. The molecular weight excluding hydrogens is 314 g/mol. The molecule has 0 aliphatic carbocycles. The third kappa shape index (κ3) is 4.32. The monoisotopic (exact) mass is 343 g/mol. The molecule has 0 spiro atoms. The standard InChI is InChI=1S/C16H30BrN3/c1-6-10-18-14(13(7-2)8-3)11-15-16(17)12(5)19-20(15)9-4/h13-14,18H,6-11H2,1-5H3. The number of aromatic nitrogens is 2. The van der Waals surface area contributed by atoms with Crippen molar-refractivity contribution in [1.82, 2.24) is 15.1 Å². The van der Waals surface area contributed by atoms with E-state index in [0.29, 0.717) is 6.04 Å². The Hall–Kier alpha value is -0.350. The average Bonchev–Trinajstić information content (AvgIpc) is 2.73. The van der Waals surface area contributed by atoms with Crippen LogP contribution in [0.15, 0.2) is 4.47 Å². The van der Waals surface area contributed by atoms with Gasteiger partial charge in [0.15, 0.2) is 0 Å². The summed E-state index contributed by atoms with van der Waals surface area (Å²) in [5.41, 5.74) is 2.44. The minimum absolute atomic E-state index is 0.544. The lowest BCUT2D eigenvalue weighted by molar-refractivity contribution is 0.326. The van der Waals surface area contributed by atoms with E-state index in [0.717, 1.165) is 31.1 Å². The number of hydrogen-bond acceptors (Lipinski definition) is 2. The summed E-state index contributed by atoms with van der Waals surface area (Å²) >= 11 is 3.72. The highest BCUT2D eigenvalue weighted by atomic mass is 79.9. The third-order valence-electron chi connectivity index (χ3n) is 4.14. The van der Waals surface area contributed by atoms with Gasteiger partial charge in [-0.15, -0.1) is 0 Å². The first-order valence-corrected chi connectivity index (χ1v) is 8.83. The Morgan fingerprint density at radius 3 is 2.35 bits per heavy atom. The van der Waals surface area contributed by atoms with Gasteiger partial charge in [0.1, 0.15) is 0 Å². The topological polar surface area (TPSA) is 29.9 Å². The van der Waals surface area contributed by atoms with Crippen molar-refractivity contribution in [2.45, 2.75) is 72.9 Å². The zero-order valence-corrected chi connectivity index (χ0v) is 15.3.